The molecule has 1 aliphatic heterocycles. The molecule has 1 amide bonds. The molecule has 0 unspecified atom stereocenters. The number of ether oxygens (including phenoxy) is 1. The highest BCUT2D eigenvalue weighted by Crippen LogP contribution is 2.39. The molecule has 2 heterocycles. The molecule has 33 heavy (non-hydrogen) atoms. The van der Waals surface area contributed by atoms with Crippen LogP contribution in [0.1, 0.15) is 18.2 Å². The highest BCUT2D eigenvalue weighted by atomic mass is 35.5. The van der Waals surface area contributed by atoms with E-state index >= 15 is 0 Å². The zero-order valence-electron chi connectivity index (χ0n) is 17.0. The smallest absolute Gasteiger partial charge is 0.416 e. The minimum absolute atomic E-state index is 0.116. The molecular weight excluding hydrogens is 495 g/mol. The Morgan fingerprint density at radius 2 is 1.88 bits per heavy atom. The van der Waals surface area contributed by atoms with Crippen LogP contribution in [0, 0.1) is 0 Å². The first-order valence-electron chi connectivity index (χ1n) is 9.65. The highest BCUT2D eigenvalue weighted by molar-refractivity contribution is 8.20. The summed E-state index contributed by atoms with van der Waals surface area (Å²) in [5, 5.41) is -0.151. The van der Waals surface area contributed by atoms with Crippen LogP contribution in [0.25, 0.3) is 17.4 Å². The molecule has 1 saturated heterocycles. The van der Waals surface area contributed by atoms with Crippen molar-refractivity contribution < 1.29 is 27.1 Å². The van der Waals surface area contributed by atoms with Crippen LogP contribution >= 0.6 is 35.6 Å². The van der Waals surface area contributed by atoms with Gasteiger partial charge in [0.15, 0.2) is 0 Å². The second kappa shape index (κ2) is 9.24. The molecule has 3 aromatic rings. The Balaban J connectivity index is 1.59. The Kier molecular flexibility index (Phi) is 6.56. The van der Waals surface area contributed by atoms with Crippen molar-refractivity contribution in [2.24, 2.45) is 0 Å². The predicted molar refractivity (Wildman–Crippen MR) is 128 cm³/mol. The first kappa shape index (κ1) is 23.4. The lowest BCUT2D eigenvalue weighted by molar-refractivity contribution is -0.137. The van der Waals surface area contributed by atoms with E-state index in [0.717, 1.165) is 23.9 Å². The number of carbonyl (C=O) groups is 1. The van der Waals surface area contributed by atoms with Crippen LogP contribution in [0.3, 0.4) is 0 Å². The third-order valence-corrected chi connectivity index (χ3v) is 6.41. The SMILES string of the molecule is CCOc1ccc(N2C(=O)SC(=Cc3ccc(-c4cc(C(F)(F)F)ccc4Cl)o3)C2=S)cc1. The Labute approximate surface area is 202 Å². The van der Waals surface area contributed by atoms with Gasteiger partial charge in [0.05, 0.1) is 27.8 Å². The van der Waals surface area contributed by atoms with Crippen molar-refractivity contribution in [2.75, 3.05) is 11.5 Å². The van der Waals surface area contributed by atoms with Gasteiger partial charge in [-0.2, -0.15) is 13.2 Å². The number of hydrogen-bond donors (Lipinski definition) is 0. The van der Waals surface area contributed by atoms with Gasteiger partial charge in [-0.1, -0.05) is 23.8 Å². The standard InChI is InChI=1S/C23H15ClF3NO3S2/c1-2-30-15-6-4-14(5-7-15)28-21(32)20(33-22(28)29)12-16-8-10-19(31-16)17-11-13(23(25,26)27)3-9-18(17)24/h3-12H,2H2,1H3. The van der Waals surface area contributed by atoms with Gasteiger partial charge < -0.3 is 9.15 Å². The maximum atomic E-state index is 13.1. The number of thioether (sulfide) groups is 1. The van der Waals surface area contributed by atoms with Gasteiger partial charge in [-0.25, -0.2) is 0 Å². The third kappa shape index (κ3) is 4.95. The van der Waals surface area contributed by atoms with Crippen molar-refractivity contribution in [1.82, 2.24) is 0 Å². The van der Waals surface area contributed by atoms with Crippen LogP contribution in [-0.4, -0.2) is 16.8 Å². The van der Waals surface area contributed by atoms with Gasteiger partial charge in [0, 0.05) is 5.56 Å². The third-order valence-electron chi connectivity index (χ3n) is 4.66. The minimum atomic E-state index is -4.51. The molecular formula is C23H15ClF3NO3S2. The maximum Gasteiger partial charge on any atom is 0.416 e. The van der Waals surface area contributed by atoms with E-state index in [9.17, 15) is 18.0 Å². The molecule has 0 radical (unpaired) electrons. The molecule has 1 fully saturated rings. The molecule has 170 valence electrons. The van der Waals surface area contributed by atoms with E-state index in [4.69, 9.17) is 33.0 Å². The molecule has 4 nitrogen and oxygen atoms in total. The van der Waals surface area contributed by atoms with Crippen molar-refractivity contribution >= 4 is 57.6 Å². The normalized spacial score (nSPS) is 15.5. The lowest BCUT2D eigenvalue weighted by Gasteiger charge is -2.15. The number of amides is 1. The van der Waals surface area contributed by atoms with E-state index in [-0.39, 0.29) is 21.6 Å². The molecule has 0 bridgehead atoms. The van der Waals surface area contributed by atoms with Crippen LogP contribution in [0.2, 0.25) is 5.02 Å². The van der Waals surface area contributed by atoms with Gasteiger partial charge in [-0.05, 0) is 79.4 Å². The van der Waals surface area contributed by atoms with Gasteiger partial charge in [-0.15, -0.1) is 0 Å². The first-order chi connectivity index (χ1) is 15.7. The second-order valence-corrected chi connectivity index (χ2v) is 8.63. The van der Waals surface area contributed by atoms with Crippen LogP contribution in [0.5, 0.6) is 5.75 Å². The van der Waals surface area contributed by atoms with Gasteiger partial charge in [0.2, 0.25) is 0 Å². The molecule has 0 saturated carbocycles. The second-order valence-electron chi connectivity index (χ2n) is 6.84. The fraction of sp³-hybridized carbons (Fsp3) is 0.130. The Morgan fingerprint density at radius 3 is 2.55 bits per heavy atom. The average molecular weight is 510 g/mol. The summed E-state index contributed by atoms with van der Waals surface area (Å²) < 4.78 is 50.3. The number of furan rings is 1. The van der Waals surface area contributed by atoms with Crippen LogP contribution in [0.4, 0.5) is 23.7 Å². The molecule has 1 aliphatic rings. The van der Waals surface area contributed by atoms with E-state index in [1.807, 2.05) is 6.92 Å². The fourth-order valence-electron chi connectivity index (χ4n) is 3.14. The summed E-state index contributed by atoms with van der Waals surface area (Å²) in [6.45, 7) is 2.40. The van der Waals surface area contributed by atoms with Crippen LogP contribution < -0.4 is 9.64 Å². The number of thiocarbonyl (C=S) groups is 1. The highest BCUT2D eigenvalue weighted by Gasteiger charge is 2.34. The monoisotopic (exact) mass is 509 g/mol. The van der Waals surface area contributed by atoms with Crippen LogP contribution in [-0.2, 0) is 6.18 Å². The van der Waals surface area contributed by atoms with Gasteiger partial charge in [-0.3, -0.25) is 9.69 Å². The fourth-order valence-corrected chi connectivity index (χ4v) is 4.61. The average Bonchev–Trinajstić information content (AvgIpc) is 3.33. The summed E-state index contributed by atoms with van der Waals surface area (Å²) in [7, 11) is 0. The Morgan fingerprint density at radius 1 is 1.15 bits per heavy atom. The molecule has 10 heteroatoms. The lowest BCUT2D eigenvalue weighted by atomic mass is 10.1. The van der Waals surface area contributed by atoms with E-state index in [1.54, 1.807) is 36.4 Å². The summed E-state index contributed by atoms with van der Waals surface area (Å²) in [5.41, 5.74) is -0.118. The van der Waals surface area contributed by atoms with E-state index in [1.165, 1.54) is 17.0 Å². The summed E-state index contributed by atoms with van der Waals surface area (Å²) in [6, 6.07) is 13.1. The predicted octanol–water partition coefficient (Wildman–Crippen LogP) is 8.06. The Hall–Kier alpha value is -2.75. The number of hydrogen-bond acceptors (Lipinski definition) is 5. The number of carbonyl (C=O) groups excluding carboxylic acids is 1. The molecule has 0 N–H and O–H groups in total. The number of benzene rings is 2. The quantitative estimate of drug-likeness (QED) is 0.257. The Bertz CT molecular complexity index is 1250. The summed E-state index contributed by atoms with van der Waals surface area (Å²) in [6.07, 6.45) is -2.93. The van der Waals surface area contributed by atoms with E-state index in [0.29, 0.717) is 33.7 Å². The van der Waals surface area contributed by atoms with Crippen molar-refractivity contribution in [3.63, 3.8) is 0 Å². The van der Waals surface area contributed by atoms with E-state index < -0.39 is 11.7 Å². The molecule has 1 aromatic heterocycles. The molecule has 2 aromatic carbocycles. The molecule has 0 atom stereocenters. The lowest BCUT2D eigenvalue weighted by Crippen LogP contribution is -2.26. The van der Waals surface area contributed by atoms with Crippen molar-refractivity contribution in [3.8, 4) is 17.1 Å². The number of halogens is 4. The first-order valence-corrected chi connectivity index (χ1v) is 11.3. The topological polar surface area (TPSA) is 42.7 Å². The summed E-state index contributed by atoms with van der Waals surface area (Å²) in [4.78, 5) is 14.8. The summed E-state index contributed by atoms with van der Waals surface area (Å²) >= 11 is 12.5. The molecule has 0 spiro atoms. The summed E-state index contributed by atoms with van der Waals surface area (Å²) in [5.74, 6) is 1.17. The zero-order chi connectivity index (χ0) is 23.8. The molecule has 4 rings (SSSR count). The number of nitrogens with zero attached hydrogens (tertiary/aromatic N) is 1. The largest absolute Gasteiger partial charge is 0.494 e. The number of alkyl halides is 3. The minimum Gasteiger partial charge on any atom is -0.494 e. The maximum absolute atomic E-state index is 13.1. The zero-order valence-corrected chi connectivity index (χ0v) is 19.4. The number of anilines is 1. The van der Waals surface area contributed by atoms with E-state index in [2.05, 4.69) is 0 Å². The van der Waals surface area contributed by atoms with Crippen LogP contribution in [0.15, 0.2) is 63.9 Å². The molecule has 0 aliphatic carbocycles. The van der Waals surface area contributed by atoms with Gasteiger partial charge >= 0.3 is 6.18 Å². The number of rotatable bonds is 5. The van der Waals surface area contributed by atoms with Crippen molar-refractivity contribution in [3.05, 3.63) is 75.8 Å². The van der Waals surface area contributed by atoms with Gasteiger partial charge in [0.25, 0.3) is 5.24 Å². The van der Waals surface area contributed by atoms with Crippen molar-refractivity contribution in [1.29, 1.82) is 0 Å². The van der Waals surface area contributed by atoms with Crippen molar-refractivity contribution in [2.45, 2.75) is 13.1 Å². The van der Waals surface area contributed by atoms with Gasteiger partial charge in [0.1, 0.15) is 22.3 Å².